The molecule has 0 rings (SSSR count). The third-order valence-electron chi connectivity index (χ3n) is 4.28. The fourth-order valence-electron chi connectivity index (χ4n) is 2.55. The van der Waals surface area contributed by atoms with Gasteiger partial charge in [-0.25, -0.2) is 0 Å². The van der Waals surface area contributed by atoms with Crippen molar-refractivity contribution in [3.05, 3.63) is 0 Å². The van der Waals surface area contributed by atoms with Crippen molar-refractivity contribution in [1.82, 2.24) is 10.2 Å². The summed E-state index contributed by atoms with van der Waals surface area (Å²) >= 11 is 0. The molecular weight excluding hydrogens is 220 g/mol. The predicted octanol–water partition coefficient (Wildman–Crippen LogP) is 3.91. The van der Waals surface area contributed by atoms with Crippen molar-refractivity contribution in [2.45, 2.75) is 78.8 Å². The molecule has 0 aliphatic heterocycles. The van der Waals surface area contributed by atoms with Gasteiger partial charge in [0, 0.05) is 17.6 Å². The van der Waals surface area contributed by atoms with Crippen LogP contribution >= 0.6 is 0 Å². The highest BCUT2D eigenvalue weighted by Crippen LogP contribution is 2.23. The van der Waals surface area contributed by atoms with Crippen LogP contribution in [0.2, 0.25) is 0 Å². The lowest BCUT2D eigenvalue weighted by molar-refractivity contribution is 0.0901. The molecule has 0 aliphatic carbocycles. The van der Waals surface area contributed by atoms with Crippen molar-refractivity contribution >= 4 is 0 Å². The Morgan fingerprint density at radius 3 is 2.06 bits per heavy atom. The molecule has 0 bridgehead atoms. The second kappa shape index (κ2) is 7.49. The van der Waals surface area contributed by atoms with Crippen LogP contribution in [0.1, 0.15) is 67.7 Å². The molecule has 18 heavy (non-hydrogen) atoms. The van der Waals surface area contributed by atoms with E-state index in [2.05, 4.69) is 65.7 Å². The van der Waals surface area contributed by atoms with E-state index < -0.39 is 0 Å². The van der Waals surface area contributed by atoms with Crippen molar-refractivity contribution in [3.63, 3.8) is 0 Å². The van der Waals surface area contributed by atoms with Crippen LogP contribution in [0.4, 0.5) is 0 Å². The van der Waals surface area contributed by atoms with Crippen LogP contribution in [0, 0.1) is 5.92 Å². The molecule has 2 heteroatoms. The highest BCUT2D eigenvalue weighted by molar-refractivity contribution is 4.84. The van der Waals surface area contributed by atoms with Gasteiger partial charge in [-0.3, -0.25) is 4.90 Å². The van der Waals surface area contributed by atoms with Crippen molar-refractivity contribution in [3.8, 4) is 0 Å². The first-order chi connectivity index (χ1) is 8.18. The van der Waals surface area contributed by atoms with Crippen LogP contribution in [0.3, 0.4) is 0 Å². The van der Waals surface area contributed by atoms with Crippen LogP contribution in [-0.2, 0) is 0 Å². The van der Waals surface area contributed by atoms with Crippen molar-refractivity contribution < 1.29 is 0 Å². The molecule has 0 heterocycles. The van der Waals surface area contributed by atoms with Gasteiger partial charge in [0.2, 0.25) is 0 Å². The van der Waals surface area contributed by atoms with Gasteiger partial charge in [-0.2, -0.15) is 0 Å². The highest BCUT2D eigenvalue weighted by Gasteiger charge is 2.27. The molecule has 0 radical (unpaired) electrons. The molecule has 0 aromatic rings. The lowest BCUT2D eigenvalue weighted by Gasteiger charge is -2.40. The maximum absolute atomic E-state index is 3.41. The average molecular weight is 256 g/mol. The number of nitrogens with one attached hydrogen (secondary N) is 1. The zero-order chi connectivity index (χ0) is 14.4. The fraction of sp³-hybridized carbons (Fsp3) is 1.00. The molecule has 0 amide bonds. The summed E-state index contributed by atoms with van der Waals surface area (Å²) in [6.07, 6.45) is 3.68. The minimum absolute atomic E-state index is 0.244. The topological polar surface area (TPSA) is 15.3 Å². The Kier molecular flexibility index (Phi) is 7.46. The number of hydrogen-bond donors (Lipinski definition) is 1. The molecule has 110 valence electrons. The third kappa shape index (κ3) is 6.19. The molecular formula is C16H36N2. The Bertz CT molecular complexity index is 221. The van der Waals surface area contributed by atoms with Crippen LogP contribution < -0.4 is 5.32 Å². The fourth-order valence-corrected chi connectivity index (χ4v) is 2.55. The summed E-state index contributed by atoms with van der Waals surface area (Å²) in [5.41, 5.74) is 0.571. The molecule has 0 saturated heterocycles. The normalized spacial score (nSPS) is 15.2. The van der Waals surface area contributed by atoms with Gasteiger partial charge >= 0.3 is 0 Å². The lowest BCUT2D eigenvalue weighted by Crippen LogP contribution is -2.47. The summed E-state index contributed by atoms with van der Waals surface area (Å²) < 4.78 is 0. The maximum Gasteiger partial charge on any atom is 0.0150 e. The van der Waals surface area contributed by atoms with E-state index in [0.29, 0.717) is 5.54 Å². The summed E-state index contributed by atoms with van der Waals surface area (Å²) in [6.45, 7) is 18.7. The van der Waals surface area contributed by atoms with Gasteiger partial charge in [-0.05, 0) is 66.5 Å². The van der Waals surface area contributed by atoms with E-state index in [9.17, 15) is 0 Å². The largest absolute Gasteiger partial charge is 0.315 e. The van der Waals surface area contributed by atoms with Gasteiger partial charge in [0.25, 0.3) is 0 Å². The molecule has 0 fully saturated rings. The maximum atomic E-state index is 3.41. The second-order valence-corrected chi connectivity index (χ2v) is 7.06. The molecule has 0 aromatic heterocycles. The Balaban J connectivity index is 4.50. The molecule has 2 nitrogen and oxygen atoms in total. The molecule has 0 saturated carbocycles. The monoisotopic (exact) mass is 256 g/mol. The van der Waals surface area contributed by atoms with E-state index in [-0.39, 0.29) is 5.54 Å². The van der Waals surface area contributed by atoms with Crippen LogP contribution in [0.25, 0.3) is 0 Å². The third-order valence-corrected chi connectivity index (χ3v) is 4.28. The number of nitrogens with zero attached hydrogens (tertiary/aromatic N) is 1. The van der Waals surface area contributed by atoms with Crippen LogP contribution in [0.5, 0.6) is 0 Å². The van der Waals surface area contributed by atoms with E-state index in [0.717, 1.165) is 5.92 Å². The SMILES string of the molecule is CCCN(CC(C)CC(C)(C)NC)C(C)(C)CC. The summed E-state index contributed by atoms with van der Waals surface area (Å²) in [5.74, 6) is 0.727. The second-order valence-electron chi connectivity index (χ2n) is 7.06. The Morgan fingerprint density at radius 2 is 1.67 bits per heavy atom. The average Bonchev–Trinajstić information content (AvgIpc) is 2.27. The minimum atomic E-state index is 0.244. The molecule has 1 N–H and O–H groups in total. The van der Waals surface area contributed by atoms with Crippen molar-refractivity contribution in [1.29, 1.82) is 0 Å². The molecule has 0 spiro atoms. The summed E-state index contributed by atoms with van der Waals surface area (Å²) in [5, 5.41) is 3.41. The smallest absolute Gasteiger partial charge is 0.0150 e. The lowest BCUT2D eigenvalue weighted by atomic mass is 9.89. The highest BCUT2D eigenvalue weighted by atomic mass is 15.2. The molecule has 0 aromatic carbocycles. The Labute approximate surface area is 116 Å². The summed E-state index contributed by atoms with van der Waals surface area (Å²) in [6, 6.07) is 0. The van der Waals surface area contributed by atoms with E-state index >= 15 is 0 Å². The first-order valence-corrected chi connectivity index (χ1v) is 7.62. The first-order valence-electron chi connectivity index (χ1n) is 7.62. The first kappa shape index (κ1) is 17.9. The molecule has 1 unspecified atom stereocenters. The van der Waals surface area contributed by atoms with E-state index in [4.69, 9.17) is 0 Å². The van der Waals surface area contributed by atoms with E-state index in [1.54, 1.807) is 0 Å². The Hall–Kier alpha value is -0.0800. The molecule has 1 atom stereocenters. The Morgan fingerprint density at radius 1 is 1.11 bits per heavy atom. The minimum Gasteiger partial charge on any atom is -0.315 e. The van der Waals surface area contributed by atoms with Gasteiger partial charge < -0.3 is 5.32 Å². The summed E-state index contributed by atoms with van der Waals surface area (Å²) in [7, 11) is 2.06. The van der Waals surface area contributed by atoms with Crippen LogP contribution in [-0.4, -0.2) is 36.1 Å². The van der Waals surface area contributed by atoms with E-state index in [1.165, 1.54) is 32.4 Å². The quantitative estimate of drug-likeness (QED) is 0.673. The number of hydrogen-bond acceptors (Lipinski definition) is 2. The van der Waals surface area contributed by atoms with Gasteiger partial charge in [0.1, 0.15) is 0 Å². The zero-order valence-electron chi connectivity index (χ0n) is 14.1. The predicted molar refractivity (Wildman–Crippen MR) is 83.2 cm³/mol. The van der Waals surface area contributed by atoms with Gasteiger partial charge in [0.05, 0.1) is 0 Å². The van der Waals surface area contributed by atoms with Gasteiger partial charge in [0.15, 0.2) is 0 Å². The summed E-state index contributed by atoms with van der Waals surface area (Å²) in [4.78, 5) is 2.67. The van der Waals surface area contributed by atoms with Gasteiger partial charge in [-0.1, -0.05) is 20.8 Å². The van der Waals surface area contributed by atoms with Crippen molar-refractivity contribution in [2.24, 2.45) is 5.92 Å². The standard InChI is InChI=1S/C16H36N2/c1-9-11-18(16(6,7)10-2)13-14(3)12-15(4,5)17-8/h14,17H,9-13H2,1-8H3. The zero-order valence-corrected chi connectivity index (χ0v) is 14.1. The number of rotatable bonds is 9. The van der Waals surface area contributed by atoms with Gasteiger partial charge in [-0.15, -0.1) is 0 Å². The molecule has 0 aliphatic rings. The van der Waals surface area contributed by atoms with E-state index in [1.807, 2.05) is 0 Å². The van der Waals surface area contributed by atoms with Crippen LogP contribution in [0.15, 0.2) is 0 Å². The van der Waals surface area contributed by atoms with Crippen molar-refractivity contribution in [2.75, 3.05) is 20.1 Å².